The number of hydrogen-bond acceptors (Lipinski definition) is 1. The third-order valence-corrected chi connectivity index (χ3v) is 2.67. The van der Waals surface area contributed by atoms with Crippen LogP contribution in [-0.2, 0) is 17.5 Å². The summed E-state index contributed by atoms with van der Waals surface area (Å²) in [5.74, 6) is -0.277. The third-order valence-electron chi connectivity index (χ3n) is 2.17. The van der Waals surface area contributed by atoms with Crippen LogP contribution in [0.15, 0.2) is 22.7 Å². The summed E-state index contributed by atoms with van der Waals surface area (Å²) in [5, 5.41) is 2.43. The molecule has 0 spiro atoms. The predicted molar refractivity (Wildman–Crippen MR) is 61.3 cm³/mol. The number of alkyl halides is 3. The number of carbonyl (C=O) groups is 1. The molecule has 0 aliphatic rings. The number of hydrogen-bond donors (Lipinski definition) is 1. The van der Waals surface area contributed by atoms with Crippen molar-refractivity contribution in [2.24, 2.45) is 0 Å². The summed E-state index contributed by atoms with van der Waals surface area (Å²) < 4.78 is 38.5. The number of amides is 1. The Morgan fingerprint density at radius 2 is 2.06 bits per heavy atom. The van der Waals surface area contributed by atoms with E-state index in [2.05, 4.69) is 21.2 Å². The second-order valence-corrected chi connectivity index (χ2v) is 4.35. The maximum absolute atomic E-state index is 12.7. The lowest BCUT2D eigenvalue weighted by molar-refractivity contribution is -0.138. The van der Waals surface area contributed by atoms with Gasteiger partial charge in [0.05, 0.1) is 5.56 Å². The van der Waals surface area contributed by atoms with Crippen LogP contribution in [-0.4, -0.2) is 5.91 Å². The Morgan fingerprint density at radius 3 is 2.59 bits per heavy atom. The fourth-order valence-electron chi connectivity index (χ4n) is 1.29. The first-order chi connectivity index (χ1) is 7.84. The Kier molecular flexibility index (Phi) is 4.56. The van der Waals surface area contributed by atoms with Crippen molar-refractivity contribution < 1.29 is 18.0 Å². The normalized spacial score (nSPS) is 11.4. The molecule has 0 saturated heterocycles. The Morgan fingerprint density at radius 1 is 1.41 bits per heavy atom. The van der Waals surface area contributed by atoms with Gasteiger partial charge in [0.1, 0.15) is 0 Å². The number of carbonyl (C=O) groups excluding carboxylic acids is 1. The summed E-state index contributed by atoms with van der Waals surface area (Å²) in [5.41, 5.74) is -0.675. The molecule has 1 rings (SSSR count). The number of rotatable bonds is 3. The van der Waals surface area contributed by atoms with Gasteiger partial charge in [-0.1, -0.05) is 28.9 Å². The fraction of sp³-hybridized carbons (Fsp3) is 0.364. The van der Waals surface area contributed by atoms with E-state index in [-0.39, 0.29) is 24.4 Å². The Balaban J connectivity index is 2.95. The highest BCUT2D eigenvalue weighted by molar-refractivity contribution is 9.10. The first-order valence-corrected chi connectivity index (χ1v) is 5.76. The van der Waals surface area contributed by atoms with Crippen molar-refractivity contribution in [3.8, 4) is 0 Å². The molecule has 0 aromatic heterocycles. The van der Waals surface area contributed by atoms with E-state index in [0.29, 0.717) is 4.47 Å². The number of nitrogens with one attached hydrogen (secondary N) is 1. The molecule has 1 N–H and O–H groups in total. The monoisotopic (exact) mass is 309 g/mol. The molecule has 0 aliphatic carbocycles. The van der Waals surface area contributed by atoms with E-state index in [1.54, 1.807) is 6.92 Å². The van der Waals surface area contributed by atoms with Gasteiger partial charge in [-0.05, 0) is 17.7 Å². The lowest BCUT2D eigenvalue weighted by Crippen LogP contribution is -2.23. The van der Waals surface area contributed by atoms with Gasteiger partial charge in [0.2, 0.25) is 5.91 Å². The third kappa shape index (κ3) is 4.03. The zero-order valence-electron chi connectivity index (χ0n) is 9.07. The summed E-state index contributed by atoms with van der Waals surface area (Å²) >= 11 is 3.00. The van der Waals surface area contributed by atoms with Crippen LogP contribution in [0.5, 0.6) is 0 Å². The van der Waals surface area contributed by atoms with E-state index in [9.17, 15) is 18.0 Å². The largest absolute Gasteiger partial charge is 0.416 e. The van der Waals surface area contributed by atoms with Crippen molar-refractivity contribution in [2.45, 2.75) is 26.1 Å². The van der Waals surface area contributed by atoms with Gasteiger partial charge < -0.3 is 5.32 Å². The molecule has 1 aromatic carbocycles. The standard InChI is InChI=1S/C11H11BrF3NO/c1-2-10(17)16-6-7-3-4-8(12)5-9(7)11(13,14)15/h3-5H,2,6H2,1H3,(H,16,17). The van der Waals surface area contributed by atoms with E-state index in [1.165, 1.54) is 12.1 Å². The van der Waals surface area contributed by atoms with Crippen molar-refractivity contribution in [3.05, 3.63) is 33.8 Å². The van der Waals surface area contributed by atoms with Crippen LogP contribution in [0.2, 0.25) is 0 Å². The van der Waals surface area contributed by atoms with E-state index < -0.39 is 11.7 Å². The lowest BCUT2D eigenvalue weighted by Gasteiger charge is -2.13. The van der Waals surface area contributed by atoms with Crippen molar-refractivity contribution in [1.29, 1.82) is 0 Å². The van der Waals surface area contributed by atoms with Crippen LogP contribution in [0.25, 0.3) is 0 Å². The van der Waals surface area contributed by atoms with E-state index >= 15 is 0 Å². The molecule has 17 heavy (non-hydrogen) atoms. The van der Waals surface area contributed by atoms with Gasteiger partial charge in [0.15, 0.2) is 0 Å². The van der Waals surface area contributed by atoms with E-state index in [0.717, 1.165) is 6.07 Å². The minimum atomic E-state index is -4.42. The van der Waals surface area contributed by atoms with Crippen LogP contribution in [0.1, 0.15) is 24.5 Å². The molecular weight excluding hydrogens is 299 g/mol. The van der Waals surface area contributed by atoms with E-state index in [1.807, 2.05) is 0 Å². The minimum Gasteiger partial charge on any atom is -0.352 e. The zero-order valence-corrected chi connectivity index (χ0v) is 10.7. The zero-order chi connectivity index (χ0) is 13.1. The molecule has 0 unspecified atom stereocenters. The highest BCUT2D eigenvalue weighted by Crippen LogP contribution is 2.33. The SMILES string of the molecule is CCC(=O)NCc1ccc(Br)cc1C(F)(F)F. The highest BCUT2D eigenvalue weighted by Gasteiger charge is 2.33. The van der Waals surface area contributed by atoms with Gasteiger partial charge in [0, 0.05) is 17.4 Å². The smallest absolute Gasteiger partial charge is 0.352 e. The molecule has 1 amide bonds. The molecule has 0 saturated carbocycles. The molecule has 1 aromatic rings. The molecule has 94 valence electrons. The van der Waals surface area contributed by atoms with Crippen LogP contribution >= 0.6 is 15.9 Å². The van der Waals surface area contributed by atoms with Gasteiger partial charge in [-0.15, -0.1) is 0 Å². The summed E-state index contributed by atoms with van der Waals surface area (Å²) in [7, 11) is 0. The average Bonchev–Trinajstić information content (AvgIpc) is 2.25. The van der Waals surface area contributed by atoms with Crippen LogP contribution in [0.4, 0.5) is 13.2 Å². The van der Waals surface area contributed by atoms with Crippen LogP contribution < -0.4 is 5.32 Å². The van der Waals surface area contributed by atoms with Crippen LogP contribution in [0.3, 0.4) is 0 Å². The van der Waals surface area contributed by atoms with Gasteiger partial charge in [-0.2, -0.15) is 13.2 Å². The summed E-state index contributed by atoms with van der Waals surface area (Å²) in [6, 6.07) is 3.87. The number of benzene rings is 1. The van der Waals surface area contributed by atoms with Crippen LogP contribution in [0, 0.1) is 0 Å². The van der Waals surface area contributed by atoms with Crippen molar-refractivity contribution in [2.75, 3.05) is 0 Å². The second-order valence-electron chi connectivity index (χ2n) is 3.43. The van der Waals surface area contributed by atoms with Gasteiger partial charge in [-0.25, -0.2) is 0 Å². The molecule has 6 heteroatoms. The first kappa shape index (κ1) is 14.0. The lowest BCUT2D eigenvalue weighted by atomic mass is 10.1. The van der Waals surface area contributed by atoms with Gasteiger partial charge >= 0.3 is 6.18 Å². The van der Waals surface area contributed by atoms with Gasteiger partial charge in [-0.3, -0.25) is 4.79 Å². The predicted octanol–water partition coefficient (Wildman–Crippen LogP) is 3.49. The molecule has 0 heterocycles. The molecule has 2 nitrogen and oxygen atoms in total. The van der Waals surface area contributed by atoms with Crippen molar-refractivity contribution in [1.82, 2.24) is 5.32 Å². The molecule has 0 fully saturated rings. The highest BCUT2D eigenvalue weighted by atomic mass is 79.9. The summed E-state index contributed by atoms with van der Waals surface area (Å²) in [6.07, 6.45) is -4.17. The Hall–Kier alpha value is -1.04. The molecular formula is C11H11BrF3NO. The molecule has 0 aliphatic heterocycles. The minimum absolute atomic E-state index is 0.0579. The van der Waals surface area contributed by atoms with Gasteiger partial charge in [0.25, 0.3) is 0 Å². The Labute approximate surface area is 105 Å². The number of halogens is 4. The molecule has 0 bridgehead atoms. The average molecular weight is 310 g/mol. The maximum Gasteiger partial charge on any atom is 0.416 e. The molecule has 0 atom stereocenters. The fourth-order valence-corrected chi connectivity index (χ4v) is 1.65. The summed E-state index contributed by atoms with van der Waals surface area (Å²) in [6.45, 7) is 1.52. The second kappa shape index (κ2) is 5.53. The quantitative estimate of drug-likeness (QED) is 0.910. The first-order valence-electron chi connectivity index (χ1n) is 4.97. The Bertz CT molecular complexity index is 418. The topological polar surface area (TPSA) is 29.1 Å². The summed E-state index contributed by atoms with van der Waals surface area (Å²) in [4.78, 5) is 11.0. The molecule has 0 radical (unpaired) electrons. The maximum atomic E-state index is 12.7. The van der Waals surface area contributed by atoms with Crippen molar-refractivity contribution in [3.63, 3.8) is 0 Å². The van der Waals surface area contributed by atoms with Crippen molar-refractivity contribution >= 4 is 21.8 Å². The van der Waals surface area contributed by atoms with E-state index in [4.69, 9.17) is 0 Å².